The summed E-state index contributed by atoms with van der Waals surface area (Å²) in [4.78, 5) is 21.3. The van der Waals surface area contributed by atoms with Crippen LogP contribution < -0.4 is 5.32 Å². The highest BCUT2D eigenvalue weighted by atomic mass is 32.2. The molecule has 0 unspecified atom stereocenters. The average Bonchev–Trinajstić information content (AvgIpc) is 3.32. The molecule has 1 aromatic heterocycles. The van der Waals surface area contributed by atoms with Gasteiger partial charge in [-0.1, -0.05) is 37.3 Å². The number of benzene rings is 1. The first-order valence-corrected chi connectivity index (χ1v) is 12.0. The van der Waals surface area contributed by atoms with Gasteiger partial charge >= 0.3 is 0 Å². The fraction of sp³-hybridized carbons (Fsp3) is 0.524. The van der Waals surface area contributed by atoms with Crippen LogP contribution in [-0.2, 0) is 21.4 Å². The topological polar surface area (TPSA) is 98.4 Å². The Kier molecular flexibility index (Phi) is 8.01. The highest BCUT2D eigenvalue weighted by molar-refractivity contribution is 7.89. The lowest BCUT2D eigenvalue weighted by atomic mass is 9.97. The molecule has 8 nitrogen and oxygen atoms in total. The summed E-state index contributed by atoms with van der Waals surface area (Å²) in [6, 6.07) is 10.4. The van der Waals surface area contributed by atoms with Crippen molar-refractivity contribution in [3.63, 3.8) is 0 Å². The minimum absolute atomic E-state index is 0.0275. The van der Waals surface area contributed by atoms with Gasteiger partial charge in [0.1, 0.15) is 0 Å². The number of rotatable bonds is 10. The third-order valence-electron chi connectivity index (χ3n) is 5.56. The lowest BCUT2D eigenvalue weighted by Gasteiger charge is -2.30. The number of H-pyrrole nitrogens is 1. The summed E-state index contributed by atoms with van der Waals surface area (Å²) in [7, 11) is -3.55. The van der Waals surface area contributed by atoms with Crippen LogP contribution in [0.4, 0.5) is 0 Å². The zero-order valence-corrected chi connectivity index (χ0v) is 18.3. The molecule has 1 aromatic carbocycles. The molecule has 9 heteroatoms. The number of carbonyl (C=O) groups is 1. The summed E-state index contributed by atoms with van der Waals surface area (Å²) < 4.78 is 26.4. The lowest BCUT2D eigenvalue weighted by molar-refractivity contribution is -0.126. The van der Waals surface area contributed by atoms with Gasteiger partial charge in [-0.3, -0.25) is 9.69 Å². The van der Waals surface area contributed by atoms with Crippen molar-refractivity contribution in [2.75, 3.05) is 32.7 Å². The van der Waals surface area contributed by atoms with Gasteiger partial charge in [-0.25, -0.2) is 13.4 Å². The van der Waals surface area contributed by atoms with Crippen molar-refractivity contribution in [3.05, 3.63) is 48.4 Å². The van der Waals surface area contributed by atoms with Crippen LogP contribution in [0.5, 0.6) is 0 Å². The SMILES string of the molecule is CCN(CCCNC(=O)C1CCN(S(=O)(=O)c2cnc[nH]2)CC1)Cc1ccccc1. The first-order chi connectivity index (χ1) is 14.5. The molecule has 0 radical (unpaired) electrons. The van der Waals surface area contributed by atoms with Crippen LogP contribution in [0.2, 0.25) is 0 Å². The zero-order chi connectivity index (χ0) is 21.4. The van der Waals surface area contributed by atoms with Crippen LogP contribution in [0.15, 0.2) is 47.9 Å². The summed E-state index contributed by atoms with van der Waals surface area (Å²) in [5.74, 6) is -0.107. The maximum atomic E-state index is 12.5. The molecule has 1 amide bonds. The number of carbonyl (C=O) groups excluding carboxylic acids is 1. The van der Waals surface area contributed by atoms with Gasteiger partial charge in [-0.2, -0.15) is 4.31 Å². The molecule has 30 heavy (non-hydrogen) atoms. The second-order valence-electron chi connectivity index (χ2n) is 7.59. The number of aromatic amines is 1. The standard InChI is InChI=1S/C21H31N5O3S/c1-2-25(16-18-7-4-3-5-8-18)12-6-11-23-21(27)19-9-13-26(14-10-19)30(28,29)20-15-22-17-24-20/h3-5,7-8,15,17,19H,2,6,9-14,16H2,1H3,(H,22,24)(H,23,27). The summed E-state index contributed by atoms with van der Waals surface area (Å²) >= 11 is 0. The molecule has 1 saturated heterocycles. The van der Waals surface area contributed by atoms with Gasteiger partial charge in [0.15, 0.2) is 5.03 Å². The van der Waals surface area contributed by atoms with Crippen LogP contribution >= 0.6 is 0 Å². The van der Waals surface area contributed by atoms with E-state index >= 15 is 0 Å². The molecule has 0 saturated carbocycles. The molecule has 1 aliphatic rings. The van der Waals surface area contributed by atoms with Crippen LogP contribution in [0.3, 0.4) is 0 Å². The smallest absolute Gasteiger partial charge is 0.260 e. The molecule has 2 N–H and O–H groups in total. The van der Waals surface area contributed by atoms with Crippen LogP contribution in [-0.4, -0.2) is 66.2 Å². The van der Waals surface area contributed by atoms with E-state index in [0.717, 1.165) is 26.1 Å². The Morgan fingerprint density at radius 2 is 2.00 bits per heavy atom. The Bertz CT molecular complexity index is 879. The summed E-state index contributed by atoms with van der Waals surface area (Å²) in [5, 5.41) is 3.13. The van der Waals surface area contributed by atoms with E-state index in [2.05, 4.69) is 51.4 Å². The molecule has 1 fully saturated rings. The minimum atomic E-state index is -3.55. The Hall–Kier alpha value is -2.23. The Labute approximate surface area is 178 Å². The fourth-order valence-corrected chi connectivity index (χ4v) is 5.10. The molecule has 3 rings (SSSR count). The van der Waals surface area contributed by atoms with E-state index in [0.29, 0.717) is 32.5 Å². The highest BCUT2D eigenvalue weighted by Gasteiger charge is 2.32. The number of nitrogens with zero attached hydrogens (tertiary/aromatic N) is 3. The van der Waals surface area contributed by atoms with Gasteiger partial charge in [-0.15, -0.1) is 0 Å². The molecule has 0 aliphatic carbocycles. The van der Waals surface area contributed by atoms with E-state index in [1.54, 1.807) is 0 Å². The number of imidazole rings is 1. The normalized spacial score (nSPS) is 16.1. The average molecular weight is 434 g/mol. The summed E-state index contributed by atoms with van der Waals surface area (Å²) in [6.07, 6.45) is 4.63. The van der Waals surface area contributed by atoms with Crippen molar-refractivity contribution in [2.24, 2.45) is 5.92 Å². The molecule has 164 valence electrons. The largest absolute Gasteiger partial charge is 0.356 e. The van der Waals surface area contributed by atoms with E-state index < -0.39 is 10.0 Å². The number of amides is 1. The van der Waals surface area contributed by atoms with Crippen molar-refractivity contribution < 1.29 is 13.2 Å². The fourth-order valence-electron chi connectivity index (χ4n) is 3.73. The number of hydrogen-bond acceptors (Lipinski definition) is 5. The van der Waals surface area contributed by atoms with E-state index in [9.17, 15) is 13.2 Å². The maximum Gasteiger partial charge on any atom is 0.260 e. The number of hydrogen-bond donors (Lipinski definition) is 2. The predicted octanol–water partition coefficient (Wildman–Crippen LogP) is 1.84. The predicted molar refractivity (Wildman–Crippen MR) is 115 cm³/mol. The molecule has 0 spiro atoms. The Morgan fingerprint density at radius 1 is 1.27 bits per heavy atom. The molecular formula is C21H31N5O3S. The number of aromatic nitrogens is 2. The van der Waals surface area contributed by atoms with Gasteiger partial charge in [0.25, 0.3) is 10.0 Å². The first-order valence-electron chi connectivity index (χ1n) is 10.5. The molecule has 1 aliphatic heterocycles. The third kappa shape index (κ3) is 5.90. The summed E-state index contributed by atoms with van der Waals surface area (Å²) in [6.45, 7) is 6.27. The molecule has 0 atom stereocenters. The van der Waals surface area contributed by atoms with Crippen LogP contribution in [0.25, 0.3) is 0 Å². The highest BCUT2D eigenvalue weighted by Crippen LogP contribution is 2.22. The molecule has 2 aromatic rings. The Morgan fingerprint density at radius 3 is 2.63 bits per heavy atom. The van der Waals surface area contributed by atoms with Crippen LogP contribution in [0.1, 0.15) is 31.7 Å². The van der Waals surface area contributed by atoms with Gasteiger partial charge in [0.05, 0.1) is 12.5 Å². The number of sulfonamides is 1. The van der Waals surface area contributed by atoms with E-state index in [4.69, 9.17) is 0 Å². The molecular weight excluding hydrogens is 402 g/mol. The first kappa shape index (κ1) is 22.5. The van der Waals surface area contributed by atoms with Gasteiger partial charge in [-0.05, 0) is 31.4 Å². The maximum absolute atomic E-state index is 12.5. The van der Waals surface area contributed by atoms with E-state index in [-0.39, 0.29) is 16.9 Å². The number of nitrogens with one attached hydrogen (secondary N) is 2. The van der Waals surface area contributed by atoms with E-state index in [1.165, 1.54) is 22.4 Å². The quantitative estimate of drug-likeness (QED) is 0.557. The summed E-state index contributed by atoms with van der Waals surface area (Å²) in [5.41, 5.74) is 1.29. The molecule has 2 heterocycles. The van der Waals surface area contributed by atoms with Gasteiger partial charge in [0.2, 0.25) is 5.91 Å². The van der Waals surface area contributed by atoms with Crippen molar-refractivity contribution in [1.29, 1.82) is 0 Å². The van der Waals surface area contributed by atoms with Gasteiger partial charge < -0.3 is 10.3 Å². The van der Waals surface area contributed by atoms with Gasteiger partial charge in [0, 0.05) is 38.6 Å². The van der Waals surface area contributed by atoms with Crippen molar-refractivity contribution in [1.82, 2.24) is 24.5 Å². The second kappa shape index (κ2) is 10.7. The van der Waals surface area contributed by atoms with Crippen molar-refractivity contribution >= 4 is 15.9 Å². The lowest BCUT2D eigenvalue weighted by Crippen LogP contribution is -2.43. The second-order valence-corrected chi connectivity index (χ2v) is 9.50. The van der Waals surface area contributed by atoms with Crippen molar-refractivity contribution in [2.45, 2.75) is 37.8 Å². The van der Waals surface area contributed by atoms with E-state index in [1.807, 2.05) is 6.07 Å². The molecule has 0 bridgehead atoms. The Balaban J connectivity index is 1.37. The number of piperidine rings is 1. The third-order valence-corrected chi connectivity index (χ3v) is 7.39. The van der Waals surface area contributed by atoms with Crippen LogP contribution in [0, 0.1) is 5.92 Å². The van der Waals surface area contributed by atoms with Crippen molar-refractivity contribution in [3.8, 4) is 0 Å². The zero-order valence-electron chi connectivity index (χ0n) is 17.5. The monoisotopic (exact) mass is 433 g/mol. The minimum Gasteiger partial charge on any atom is -0.356 e.